The lowest BCUT2D eigenvalue weighted by molar-refractivity contribution is -0.130. The van der Waals surface area contributed by atoms with Gasteiger partial charge < -0.3 is 20.3 Å². The van der Waals surface area contributed by atoms with E-state index in [9.17, 15) is 4.79 Å². The summed E-state index contributed by atoms with van der Waals surface area (Å²) < 4.78 is 5.28. The van der Waals surface area contributed by atoms with Crippen LogP contribution >= 0.6 is 0 Å². The number of hydrogen-bond donors (Lipinski definition) is 2. The molecule has 0 aliphatic rings. The molecule has 140 valence electrons. The molecule has 25 heavy (non-hydrogen) atoms. The van der Waals surface area contributed by atoms with Crippen molar-refractivity contribution in [2.45, 2.75) is 40.7 Å². The number of nitrogens with one attached hydrogen (secondary N) is 2. The van der Waals surface area contributed by atoms with Gasteiger partial charge in [0.2, 0.25) is 5.91 Å². The molecule has 0 bridgehead atoms. The fourth-order valence-corrected chi connectivity index (χ4v) is 2.57. The van der Waals surface area contributed by atoms with Crippen LogP contribution in [-0.4, -0.2) is 50.1 Å². The predicted molar refractivity (Wildman–Crippen MR) is 103 cm³/mol. The van der Waals surface area contributed by atoms with E-state index < -0.39 is 0 Å². The second kappa shape index (κ2) is 11.3. The molecule has 0 saturated carbocycles. The molecule has 0 spiro atoms. The summed E-state index contributed by atoms with van der Waals surface area (Å²) in [6.07, 6.45) is 0.466. The Balaban J connectivity index is 2.59. The van der Waals surface area contributed by atoms with Gasteiger partial charge in [0.1, 0.15) is 5.75 Å². The summed E-state index contributed by atoms with van der Waals surface area (Å²) >= 11 is 0. The van der Waals surface area contributed by atoms with Crippen LogP contribution in [0, 0.1) is 6.92 Å². The first-order valence-electron chi connectivity index (χ1n) is 8.99. The number of benzene rings is 1. The minimum Gasteiger partial charge on any atom is -0.496 e. The van der Waals surface area contributed by atoms with Crippen molar-refractivity contribution in [1.29, 1.82) is 0 Å². The standard InChI is InChI=1S/C19H32N4O2/c1-6-20-19(21-12-11-18(24)23(7-2)8-3)22-14-16-9-10-17(25-5)15(4)13-16/h9-10,13H,6-8,11-12,14H2,1-5H3,(H2,20,21,22). The van der Waals surface area contributed by atoms with Crippen LogP contribution in [-0.2, 0) is 11.3 Å². The highest BCUT2D eigenvalue weighted by atomic mass is 16.5. The van der Waals surface area contributed by atoms with Gasteiger partial charge in [-0.2, -0.15) is 0 Å². The number of guanidine groups is 1. The number of aryl methyl sites for hydroxylation is 1. The molecule has 0 fully saturated rings. The highest BCUT2D eigenvalue weighted by molar-refractivity contribution is 5.81. The third kappa shape index (κ3) is 7.03. The Morgan fingerprint density at radius 2 is 1.92 bits per heavy atom. The molecule has 0 atom stereocenters. The maximum absolute atomic E-state index is 12.0. The Bertz CT molecular complexity index is 569. The fraction of sp³-hybridized carbons (Fsp3) is 0.579. The Hall–Kier alpha value is -2.24. The van der Waals surface area contributed by atoms with E-state index in [0.29, 0.717) is 19.5 Å². The molecule has 1 rings (SSSR count). The summed E-state index contributed by atoms with van der Waals surface area (Å²) in [7, 11) is 1.67. The van der Waals surface area contributed by atoms with Gasteiger partial charge >= 0.3 is 0 Å². The molecule has 0 saturated heterocycles. The highest BCUT2D eigenvalue weighted by Crippen LogP contribution is 2.18. The minimum absolute atomic E-state index is 0.166. The molecule has 0 aromatic heterocycles. The average molecular weight is 348 g/mol. The molecular formula is C19H32N4O2. The van der Waals surface area contributed by atoms with E-state index in [-0.39, 0.29) is 5.91 Å². The van der Waals surface area contributed by atoms with Crippen molar-refractivity contribution in [1.82, 2.24) is 15.5 Å². The summed E-state index contributed by atoms with van der Waals surface area (Å²) in [6, 6.07) is 6.06. The average Bonchev–Trinajstić information content (AvgIpc) is 2.60. The lowest BCUT2D eigenvalue weighted by Crippen LogP contribution is -2.40. The maximum atomic E-state index is 12.0. The zero-order chi connectivity index (χ0) is 18.7. The van der Waals surface area contributed by atoms with Gasteiger partial charge in [0.05, 0.1) is 13.7 Å². The van der Waals surface area contributed by atoms with Crippen LogP contribution in [0.5, 0.6) is 5.75 Å². The van der Waals surface area contributed by atoms with Crippen LogP contribution in [0.1, 0.15) is 38.3 Å². The second-order valence-corrected chi connectivity index (χ2v) is 5.74. The van der Waals surface area contributed by atoms with Gasteiger partial charge in [-0.15, -0.1) is 0 Å². The molecule has 0 unspecified atom stereocenters. The summed E-state index contributed by atoms with van der Waals surface area (Å²) in [5.74, 6) is 1.77. The zero-order valence-corrected chi connectivity index (χ0v) is 16.2. The number of rotatable bonds is 9. The largest absolute Gasteiger partial charge is 0.496 e. The summed E-state index contributed by atoms with van der Waals surface area (Å²) in [6.45, 7) is 11.5. The van der Waals surface area contributed by atoms with Crippen LogP contribution in [0.4, 0.5) is 0 Å². The molecule has 0 aliphatic carbocycles. The van der Waals surface area contributed by atoms with Crippen LogP contribution in [0.15, 0.2) is 23.2 Å². The van der Waals surface area contributed by atoms with Gasteiger partial charge in [-0.05, 0) is 44.9 Å². The van der Waals surface area contributed by atoms with Crippen molar-refractivity contribution in [2.75, 3.05) is 33.3 Å². The Morgan fingerprint density at radius 3 is 2.48 bits per heavy atom. The van der Waals surface area contributed by atoms with Crippen LogP contribution in [0.25, 0.3) is 0 Å². The number of aliphatic imine (C=N–C) groups is 1. The molecule has 0 radical (unpaired) electrons. The lowest BCUT2D eigenvalue weighted by Gasteiger charge is -2.19. The molecule has 0 aliphatic heterocycles. The van der Waals surface area contributed by atoms with E-state index in [1.807, 2.05) is 44.7 Å². The summed E-state index contributed by atoms with van der Waals surface area (Å²) in [4.78, 5) is 18.5. The maximum Gasteiger partial charge on any atom is 0.224 e. The van der Waals surface area contributed by atoms with Crippen molar-refractivity contribution >= 4 is 11.9 Å². The van der Waals surface area contributed by atoms with Gasteiger partial charge in [0.15, 0.2) is 5.96 Å². The molecular weight excluding hydrogens is 316 g/mol. The quantitative estimate of drug-likeness (QED) is 0.531. The summed E-state index contributed by atoms with van der Waals surface area (Å²) in [5.41, 5.74) is 2.22. The monoisotopic (exact) mass is 348 g/mol. The first-order chi connectivity index (χ1) is 12.0. The van der Waals surface area contributed by atoms with Crippen molar-refractivity contribution < 1.29 is 9.53 Å². The molecule has 2 N–H and O–H groups in total. The molecule has 6 heteroatoms. The van der Waals surface area contributed by atoms with E-state index in [0.717, 1.165) is 42.5 Å². The molecule has 1 aromatic carbocycles. The highest BCUT2D eigenvalue weighted by Gasteiger charge is 2.09. The minimum atomic E-state index is 0.166. The van der Waals surface area contributed by atoms with E-state index >= 15 is 0 Å². The fourth-order valence-electron chi connectivity index (χ4n) is 2.57. The summed E-state index contributed by atoms with van der Waals surface area (Å²) in [5, 5.41) is 6.44. The second-order valence-electron chi connectivity index (χ2n) is 5.74. The molecule has 1 amide bonds. The van der Waals surface area contributed by atoms with Crippen LogP contribution in [0.3, 0.4) is 0 Å². The smallest absolute Gasteiger partial charge is 0.224 e. The van der Waals surface area contributed by atoms with E-state index in [1.54, 1.807) is 7.11 Å². The number of hydrogen-bond acceptors (Lipinski definition) is 3. The SMILES string of the molecule is CCNC(=NCc1ccc(OC)c(C)c1)NCCC(=O)N(CC)CC. The zero-order valence-electron chi connectivity index (χ0n) is 16.2. The van der Waals surface area contributed by atoms with Crippen molar-refractivity contribution in [3.8, 4) is 5.75 Å². The topological polar surface area (TPSA) is 66.0 Å². The molecule has 6 nitrogen and oxygen atoms in total. The van der Waals surface area contributed by atoms with Gasteiger partial charge in [-0.1, -0.05) is 12.1 Å². The number of nitrogens with zero attached hydrogens (tertiary/aromatic N) is 2. The first-order valence-corrected chi connectivity index (χ1v) is 8.99. The number of carbonyl (C=O) groups is 1. The van der Waals surface area contributed by atoms with E-state index in [1.165, 1.54) is 0 Å². The predicted octanol–water partition coefficient (Wildman–Crippen LogP) is 2.32. The molecule has 0 heterocycles. The van der Waals surface area contributed by atoms with Crippen LogP contribution in [0.2, 0.25) is 0 Å². The van der Waals surface area contributed by atoms with Crippen molar-refractivity contribution in [3.05, 3.63) is 29.3 Å². The first kappa shape index (κ1) is 20.8. The molecule has 1 aromatic rings. The Kier molecular flexibility index (Phi) is 9.43. The van der Waals surface area contributed by atoms with Gasteiger partial charge in [-0.25, -0.2) is 4.99 Å². The lowest BCUT2D eigenvalue weighted by atomic mass is 10.1. The van der Waals surface area contributed by atoms with Crippen molar-refractivity contribution in [2.24, 2.45) is 4.99 Å². The van der Waals surface area contributed by atoms with Gasteiger partial charge in [-0.3, -0.25) is 4.79 Å². The third-order valence-electron chi connectivity index (χ3n) is 3.97. The third-order valence-corrected chi connectivity index (χ3v) is 3.97. The van der Waals surface area contributed by atoms with Gasteiger partial charge in [0.25, 0.3) is 0 Å². The Morgan fingerprint density at radius 1 is 1.20 bits per heavy atom. The van der Waals surface area contributed by atoms with Gasteiger partial charge in [0, 0.05) is 32.6 Å². The number of carbonyl (C=O) groups excluding carboxylic acids is 1. The number of ether oxygens (including phenoxy) is 1. The van der Waals surface area contributed by atoms with Crippen molar-refractivity contribution in [3.63, 3.8) is 0 Å². The van der Waals surface area contributed by atoms with Crippen LogP contribution < -0.4 is 15.4 Å². The Labute approximate surface area is 151 Å². The normalized spacial score (nSPS) is 11.2. The number of methoxy groups -OCH3 is 1. The van der Waals surface area contributed by atoms with E-state index in [4.69, 9.17) is 4.74 Å². The number of amides is 1. The van der Waals surface area contributed by atoms with E-state index in [2.05, 4.69) is 21.7 Å².